The van der Waals surface area contributed by atoms with Gasteiger partial charge >= 0.3 is 0 Å². The molecule has 1 aromatic carbocycles. The van der Waals surface area contributed by atoms with E-state index in [0.29, 0.717) is 12.0 Å². The summed E-state index contributed by atoms with van der Waals surface area (Å²) in [6.45, 7) is 0.281. The average Bonchev–Trinajstić information content (AvgIpc) is 2.47. The Balaban J connectivity index is 1.96. The molecule has 0 bridgehead atoms. The van der Waals surface area contributed by atoms with Gasteiger partial charge in [0.05, 0.1) is 0 Å². The molecule has 0 radical (unpaired) electrons. The molecule has 0 unspecified atom stereocenters. The molecular weight excluding hydrogens is 226 g/mol. The lowest BCUT2D eigenvalue weighted by atomic mass is 9.86. The summed E-state index contributed by atoms with van der Waals surface area (Å²) in [6, 6.07) is 9.74. The Hall–Kier alpha value is -1.35. The molecule has 0 heterocycles. The molecule has 1 aromatic rings. The van der Waals surface area contributed by atoms with Gasteiger partial charge in [-0.1, -0.05) is 18.2 Å². The van der Waals surface area contributed by atoms with Crippen LogP contribution in [0.15, 0.2) is 30.3 Å². The van der Waals surface area contributed by atoms with Crippen LogP contribution in [0.5, 0.6) is 0 Å². The van der Waals surface area contributed by atoms with Crippen molar-refractivity contribution in [1.29, 1.82) is 0 Å². The first-order valence-corrected chi connectivity index (χ1v) is 6.65. The highest BCUT2D eigenvalue weighted by molar-refractivity contribution is 5.94. The van der Waals surface area contributed by atoms with Crippen molar-refractivity contribution in [2.24, 2.45) is 5.92 Å². The van der Waals surface area contributed by atoms with Crippen molar-refractivity contribution in [1.82, 2.24) is 4.90 Å². The molecule has 3 heteroatoms. The topological polar surface area (TPSA) is 40.5 Å². The summed E-state index contributed by atoms with van der Waals surface area (Å²) in [4.78, 5) is 14.1. The fourth-order valence-electron chi connectivity index (χ4n) is 2.66. The minimum atomic E-state index is 0.100. The highest BCUT2D eigenvalue weighted by atomic mass is 16.3. The fraction of sp³-hybridized carbons (Fsp3) is 0.533. The van der Waals surface area contributed by atoms with Crippen LogP contribution in [0.25, 0.3) is 0 Å². The predicted octanol–water partition coefficient (Wildman–Crippen LogP) is 2.31. The minimum absolute atomic E-state index is 0.100. The molecule has 1 aliphatic rings. The standard InChI is InChI=1S/C15H21NO2/c1-16(14-9-7-12(11-17)8-10-14)15(18)13-5-3-2-4-6-13/h2-6,12,14,17H,7-11H2,1H3/t12-,14-. The summed E-state index contributed by atoms with van der Waals surface area (Å²) in [5, 5.41) is 9.12. The van der Waals surface area contributed by atoms with E-state index >= 15 is 0 Å². The second-order valence-electron chi connectivity index (χ2n) is 5.14. The Morgan fingerprint density at radius 3 is 2.39 bits per heavy atom. The molecule has 0 spiro atoms. The van der Waals surface area contributed by atoms with Crippen LogP contribution in [0.3, 0.4) is 0 Å². The zero-order valence-corrected chi connectivity index (χ0v) is 10.9. The van der Waals surface area contributed by atoms with E-state index in [0.717, 1.165) is 31.2 Å². The van der Waals surface area contributed by atoms with Gasteiger partial charge in [-0.2, -0.15) is 0 Å². The van der Waals surface area contributed by atoms with Gasteiger partial charge in [0, 0.05) is 25.3 Å². The van der Waals surface area contributed by atoms with Crippen molar-refractivity contribution < 1.29 is 9.90 Å². The van der Waals surface area contributed by atoms with Gasteiger partial charge in [0.2, 0.25) is 0 Å². The summed E-state index contributed by atoms with van der Waals surface area (Å²) in [6.07, 6.45) is 4.04. The van der Waals surface area contributed by atoms with E-state index in [1.165, 1.54) is 0 Å². The lowest BCUT2D eigenvalue weighted by molar-refractivity contribution is 0.0653. The van der Waals surface area contributed by atoms with Crippen molar-refractivity contribution in [2.45, 2.75) is 31.7 Å². The van der Waals surface area contributed by atoms with Crippen LogP contribution in [-0.2, 0) is 0 Å². The number of hydrogen-bond donors (Lipinski definition) is 1. The van der Waals surface area contributed by atoms with Crippen molar-refractivity contribution in [2.75, 3.05) is 13.7 Å². The van der Waals surface area contributed by atoms with Crippen molar-refractivity contribution >= 4 is 5.91 Å². The predicted molar refractivity (Wildman–Crippen MR) is 71.4 cm³/mol. The lowest BCUT2D eigenvalue weighted by Crippen LogP contribution is -2.39. The van der Waals surface area contributed by atoms with Gasteiger partial charge in [0.1, 0.15) is 0 Å². The van der Waals surface area contributed by atoms with E-state index in [-0.39, 0.29) is 12.5 Å². The number of amides is 1. The van der Waals surface area contributed by atoms with Gasteiger partial charge in [-0.3, -0.25) is 4.79 Å². The molecule has 1 fully saturated rings. The van der Waals surface area contributed by atoms with E-state index in [9.17, 15) is 4.79 Å². The van der Waals surface area contributed by atoms with Gasteiger partial charge in [0.15, 0.2) is 0 Å². The van der Waals surface area contributed by atoms with Gasteiger partial charge in [-0.15, -0.1) is 0 Å². The second kappa shape index (κ2) is 6.01. The molecule has 0 aromatic heterocycles. The summed E-state index contributed by atoms with van der Waals surface area (Å²) in [5.41, 5.74) is 0.754. The molecule has 3 nitrogen and oxygen atoms in total. The number of aliphatic hydroxyl groups excluding tert-OH is 1. The molecule has 0 aliphatic heterocycles. The van der Waals surface area contributed by atoms with Crippen LogP contribution in [0.4, 0.5) is 0 Å². The molecule has 1 aliphatic carbocycles. The molecule has 98 valence electrons. The molecule has 1 amide bonds. The van der Waals surface area contributed by atoms with Gasteiger partial charge in [-0.05, 0) is 43.7 Å². The smallest absolute Gasteiger partial charge is 0.253 e. The molecule has 18 heavy (non-hydrogen) atoms. The maximum atomic E-state index is 12.3. The molecule has 1 saturated carbocycles. The minimum Gasteiger partial charge on any atom is -0.396 e. The van der Waals surface area contributed by atoms with Gasteiger partial charge in [-0.25, -0.2) is 0 Å². The maximum Gasteiger partial charge on any atom is 0.253 e. The van der Waals surface area contributed by atoms with E-state index in [1.54, 1.807) is 0 Å². The van der Waals surface area contributed by atoms with Crippen LogP contribution >= 0.6 is 0 Å². The van der Waals surface area contributed by atoms with Crippen molar-refractivity contribution in [3.8, 4) is 0 Å². The summed E-state index contributed by atoms with van der Waals surface area (Å²) < 4.78 is 0. The number of rotatable bonds is 3. The summed E-state index contributed by atoms with van der Waals surface area (Å²) in [5.74, 6) is 0.532. The molecule has 1 N–H and O–H groups in total. The SMILES string of the molecule is CN(C(=O)c1ccccc1)[C@H]1CC[C@H](CO)CC1. The zero-order chi connectivity index (χ0) is 13.0. The first-order valence-electron chi connectivity index (χ1n) is 6.65. The first-order chi connectivity index (χ1) is 8.72. The normalized spacial score (nSPS) is 23.7. The number of carbonyl (C=O) groups excluding carboxylic acids is 1. The highest BCUT2D eigenvalue weighted by Crippen LogP contribution is 2.27. The number of carbonyl (C=O) groups is 1. The Morgan fingerprint density at radius 2 is 1.83 bits per heavy atom. The maximum absolute atomic E-state index is 12.3. The zero-order valence-electron chi connectivity index (χ0n) is 10.9. The number of nitrogens with zero attached hydrogens (tertiary/aromatic N) is 1. The average molecular weight is 247 g/mol. The summed E-state index contributed by atoms with van der Waals surface area (Å²) >= 11 is 0. The Labute approximate surface area is 108 Å². The Kier molecular flexibility index (Phi) is 4.37. The van der Waals surface area contributed by atoms with Gasteiger partial charge in [0.25, 0.3) is 5.91 Å². The number of benzene rings is 1. The highest BCUT2D eigenvalue weighted by Gasteiger charge is 2.26. The Bertz CT molecular complexity index is 383. The Morgan fingerprint density at radius 1 is 1.22 bits per heavy atom. The van der Waals surface area contributed by atoms with Crippen LogP contribution in [0, 0.1) is 5.92 Å². The second-order valence-corrected chi connectivity index (χ2v) is 5.14. The van der Waals surface area contributed by atoms with E-state index in [4.69, 9.17) is 5.11 Å². The van der Waals surface area contributed by atoms with E-state index in [1.807, 2.05) is 42.3 Å². The lowest BCUT2D eigenvalue weighted by Gasteiger charge is -2.34. The third kappa shape index (κ3) is 2.91. The van der Waals surface area contributed by atoms with Gasteiger partial charge < -0.3 is 10.0 Å². The molecular formula is C15H21NO2. The van der Waals surface area contributed by atoms with Crippen molar-refractivity contribution in [3.63, 3.8) is 0 Å². The number of aliphatic hydroxyl groups is 1. The third-order valence-corrected chi connectivity index (χ3v) is 3.96. The van der Waals surface area contributed by atoms with Crippen molar-refractivity contribution in [3.05, 3.63) is 35.9 Å². The quantitative estimate of drug-likeness (QED) is 0.890. The van der Waals surface area contributed by atoms with Crippen LogP contribution in [0.1, 0.15) is 36.0 Å². The largest absolute Gasteiger partial charge is 0.396 e. The van der Waals surface area contributed by atoms with Crippen LogP contribution < -0.4 is 0 Å². The number of hydrogen-bond acceptors (Lipinski definition) is 2. The fourth-order valence-corrected chi connectivity index (χ4v) is 2.66. The van der Waals surface area contributed by atoms with E-state index in [2.05, 4.69) is 0 Å². The van der Waals surface area contributed by atoms with Crippen LogP contribution in [0.2, 0.25) is 0 Å². The monoisotopic (exact) mass is 247 g/mol. The summed E-state index contributed by atoms with van der Waals surface area (Å²) in [7, 11) is 1.89. The molecule has 0 atom stereocenters. The first kappa shape index (κ1) is 13.1. The molecule has 0 saturated heterocycles. The van der Waals surface area contributed by atoms with E-state index < -0.39 is 0 Å². The third-order valence-electron chi connectivity index (χ3n) is 3.96. The molecule has 2 rings (SSSR count). The van der Waals surface area contributed by atoms with Crippen LogP contribution in [-0.4, -0.2) is 35.6 Å².